The quantitative estimate of drug-likeness (QED) is 0.799. The van der Waals surface area contributed by atoms with Crippen molar-refractivity contribution < 1.29 is 14.7 Å². The zero-order valence-corrected chi connectivity index (χ0v) is 8.31. The molecule has 0 saturated heterocycles. The summed E-state index contributed by atoms with van der Waals surface area (Å²) >= 11 is 0. The predicted molar refractivity (Wildman–Crippen MR) is 59.4 cm³/mol. The highest BCUT2D eigenvalue weighted by Gasteiger charge is 2.05. The fourth-order valence-corrected chi connectivity index (χ4v) is 1.53. The summed E-state index contributed by atoms with van der Waals surface area (Å²) in [6.07, 6.45) is 0. The molecule has 0 spiro atoms. The molecule has 4 nitrogen and oxygen atoms in total. The van der Waals surface area contributed by atoms with Gasteiger partial charge in [-0.1, -0.05) is 12.1 Å². The normalized spacial score (nSPS) is 10.2. The molecule has 0 atom stereocenters. The molecule has 80 valence electrons. The molecule has 0 aliphatic heterocycles. The molecule has 16 heavy (non-hydrogen) atoms. The Morgan fingerprint density at radius 3 is 1.94 bits per heavy atom. The number of nitrogens with two attached hydrogens (primary N) is 1. The second kappa shape index (κ2) is 3.66. The fourth-order valence-electron chi connectivity index (χ4n) is 1.53. The summed E-state index contributed by atoms with van der Waals surface area (Å²) < 4.78 is 0. The van der Waals surface area contributed by atoms with E-state index >= 15 is 0 Å². The lowest BCUT2D eigenvalue weighted by Gasteiger charge is -2.01. The van der Waals surface area contributed by atoms with Gasteiger partial charge in [-0.3, -0.25) is 4.79 Å². The van der Waals surface area contributed by atoms with Gasteiger partial charge in [-0.15, -0.1) is 0 Å². The number of aromatic carboxylic acids is 1. The average molecular weight is 215 g/mol. The minimum absolute atomic E-state index is 0.222. The van der Waals surface area contributed by atoms with Gasteiger partial charge in [0.1, 0.15) is 0 Å². The lowest BCUT2D eigenvalue weighted by molar-refractivity contribution is 0.0697. The summed E-state index contributed by atoms with van der Waals surface area (Å²) in [7, 11) is 0. The van der Waals surface area contributed by atoms with E-state index in [9.17, 15) is 9.59 Å². The molecule has 0 unspecified atom stereocenters. The van der Waals surface area contributed by atoms with Crippen LogP contribution in [0.15, 0.2) is 36.4 Å². The summed E-state index contributed by atoms with van der Waals surface area (Å²) in [5.41, 5.74) is 5.78. The molecule has 3 N–H and O–H groups in total. The smallest absolute Gasteiger partial charge is 0.335 e. The molecule has 2 aromatic carbocycles. The van der Waals surface area contributed by atoms with E-state index in [2.05, 4.69) is 0 Å². The summed E-state index contributed by atoms with van der Waals surface area (Å²) in [6, 6.07) is 9.62. The number of amides is 1. The maximum absolute atomic E-state index is 10.9. The molecule has 0 bridgehead atoms. The summed E-state index contributed by atoms with van der Waals surface area (Å²) in [4.78, 5) is 21.7. The molecule has 0 heterocycles. The van der Waals surface area contributed by atoms with E-state index in [0.29, 0.717) is 5.56 Å². The Bertz CT molecular complexity index is 537. The number of rotatable bonds is 2. The molecule has 0 radical (unpaired) electrons. The van der Waals surface area contributed by atoms with E-state index in [-0.39, 0.29) is 5.56 Å². The number of benzene rings is 2. The first-order chi connectivity index (χ1) is 7.58. The van der Waals surface area contributed by atoms with Crippen LogP contribution in [-0.4, -0.2) is 17.0 Å². The van der Waals surface area contributed by atoms with Crippen LogP contribution in [0.25, 0.3) is 10.8 Å². The number of carbonyl (C=O) groups is 2. The molecule has 4 heteroatoms. The van der Waals surface area contributed by atoms with Crippen molar-refractivity contribution in [2.45, 2.75) is 0 Å². The highest BCUT2D eigenvalue weighted by atomic mass is 16.4. The number of hydrogen-bond donors (Lipinski definition) is 2. The minimum atomic E-state index is -0.971. The van der Waals surface area contributed by atoms with E-state index in [4.69, 9.17) is 10.8 Å². The van der Waals surface area contributed by atoms with Crippen molar-refractivity contribution in [2.24, 2.45) is 5.73 Å². The highest BCUT2D eigenvalue weighted by molar-refractivity contribution is 5.99. The fraction of sp³-hybridized carbons (Fsp3) is 0. The number of carboxylic acid groups (broad SMARTS) is 1. The Balaban J connectivity index is 2.61. The van der Waals surface area contributed by atoms with Gasteiger partial charge >= 0.3 is 5.97 Å². The molecule has 0 aromatic heterocycles. The van der Waals surface area contributed by atoms with Gasteiger partial charge in [-0.2, -0.15) is 0 Å². The first-order valence-corrected chi connectivity index (χ1v) is 4.65. The number of hydrogen-bond acceptors (Lipinski definition) is 2. The topological polar surface area (TPSA) is 80.4 Å². The lowest BCUT2D eigenvalue weighted by atomic mass is 10.0. The van der Waals surface area contributed by atoms with Gasteiger partial charge < -0.3 is 10.8 Å². The maximum atomic E-state index is 10.9. The number of primary amides is 1. The molecule has 0 aliphatic rings. The Kier molecular flexibility index (Phi) is 2.32. The van der Waals surface area contributed by atoms with Crippen LogP contribution in [0.4, 0.5) is 0 Å². The van der Waals surface area contributed by atoms with Crippen LogP contribution in [0.1, 0.15) is 20.7 Å². The first-order valence-electron chi connectivity index (χ1n) is 4.65. The van der Waals surface area contributed by atoms with Crippen LogP contribution in [0.2, 0.25) is 0 Å². The van der Waals surface area contributed by atoms with Crippen molar-refractivity contribution in [3.05, 3.63) is 47.5 Å². The summed E-state index contributed by atoms with van der Waals surface area (Å²) in [5, 5.41) is 10.4. The Morgan fingerprint density at radius 2 is 1.44 bits per heavy atom. The third kappa shape index (κ3) is 1.72. The van der Waals surface area contributed by atoms with Crippen LogP contribution in [0, 0.1) is 0 Å². The second-order valence-electron chi connectivity index (χ2n) is 3.45. The van der Waals surface area contributed by atoms with Gasteiger partial charge in [0.25, 0.3) is 0 Å². The van der Waals surface area contributed by atoms with Gasteiger partial charge in [0.2, 0.25) is 5.91 Å². The van der Waals surface area contributed by atoms with Gasteiger partial charge in [0.05, 0.1) is 5.56 Å². The second-order valence-corrected chi connectivity index (χ2v) is 3.45. The third-order valence-electron chi connectivity index (χ3n) is 2.37. The molecule has 0 saturated carbocycles. The first kappa shape index (κ1) is 10.2. The zero-order chi connectivity index (χ0) is 11.7. The highest BCUT2D eigenvalue weighted by Crippen LogP contribution is 2.17. The summed E-state index contributed by atoms with van der Waals surface area (Å²) in [6.45, 7) is 0. The molecular weight excluding hydrogens is 206 g/mol. The standard InChI is InChI=1S/C12H9NO3/c13-11(14)9-3-1-8-6-10(12(15)16)4-2-7(8)5-9/h1-6H,(H2,13,14)(H,15,16). The van der Waals surface area contributed by atoms with Crippen molar-refractivity contribution in [2.75, 3.05) is 0 Å². The molecule has 0 aliphatic carbocycles. The molecule has 1 amide bonds. The van der Waals surface area contributed by atoms with Crippen LogP contribution < -0.4 is 5.73 Å². The largest absolute Gasteiger partial charge is 0.478 e. The lowest BCUT2D eigenvalue weighted by Crippen LogP contribution is -2.10. The monoisotopic (exact) mass is 215 g/mol. The number of carbonyl (C=O) groups excluding carboxylic acids is 1. The average Bonchev–Trinajstić information content (AvgIpc) is 2.27. The number of fused-ring (bicyclic) bond motifs is 1. The van der Waals surface area contributed by atoms with E-state index in [0.717, 1.165) is 10.8 Å². The summed E-state index contributed by atoms with van der Waals surface area (Å²) in [5.74, 6) is -1.47. The number of carboxylic acids is 1. The van der Waals surface area contributed by atoms with E-state index in [1.54, 1.807) is 30.3 Å². The van der Waals surface area contributed by atoms with E-state index < -0.39 is 11.9 Å². The molecule has 2 aromatic rings. The Labute approximate surface area is 91.3 Å². The van der Waals surface area contributed by atoms with Crippen molar-refractivity contribution >= 4 is 22.6 Å². The van der Waals surface area contributed by atoms with Gasteiger partial charge in [0.15, 0.2) is 0 Å². The van der Waals surface area contributed by atoms with Crippen molar-refractivity contribution in [1.29, 1.82) is 0 Å². The van der Waals surface area contributed by atoms with Crippen LogP contribution in [0.5, 0.6) is 0 Å². The minimum Gasteiger partial charge on any atom is -0.478 e. The zero-order valence-electron chi connectivity index (χ0n) is 8.31. The van der Waals surface area contributed by atoms with Crippen molar-refractivity contribution in [3.63, 3.8) is 0 Å². The predicted octanol–water partition coefficient (Wildman–Crippen LogP) is 1.64. The van der Waals surface area contributed by atoms with Crippen LogP contribution >= 0.6 is 0 Å². The van der Waals surface area contributed by atoms with Gasteiger partial charge in [-0.05, 0) is 35.0 Å². The Hall–Kier alpha value is -2.36. The van der Waals surface area contributed by atoms with Crippen molar-refractivity contribution in [1.82, 2.24) is 0 Å². The van der Waals surface area contributed by atoms with E-state index in [1.165, 1.54) is 6.07 Å². The third-order valence-corrected chi connectivity index (χ3v) is 2.37. The van der Waals surface area contributed by atoms with Gasteiger partial charge in [-0.25, -0.2) is 4.79 Å². The van der Waals surface area contributed by atoms with Crippen molar-refractivity contribution in [3.8, 4) is 0 Å². The van der Waals surface area contributed by atoms with Gasteiger partial charge in [0, 0.05) is 5.56 Å². The molecule has 0 fully saturated rings. The molecule has 2 rings (SSSR count). The van der Waals surface area contributed by atoms with Crippen LogP contribution in [0.3, 0.4) is 0 Å². The maximum Gasteiger partial charge on any atom is 0.335 e. The van der Waals surface area contributed by atoms with E-state index in [1.807, 2.05) is 0 Å². The van der Waals surface area contributed by atoms with Crippen LogP contribution in [-0.2, 0) is 0 Å². The Morgan fingerprint density at radius 1 is 0.938 bits per heavy atom. The SMILES string of the molecule is NC(=O)c1ccc2cc(C(=O)O)ccc2c1. The molecular formula is C12H9NO3.